The maximum Gasteiger partial charge on any atom is 0.573 e. The van der Waals surface area contributed by atoms with Crippen LogP contribution >= 0.6 is 0 Å². The first-order valence-electron chi connectivity index (χ1n) is 9.86. The minimum absolute atomic E-state index is 0.170. The zero-order chi connectivity index (χ0) is 21.1. The van der Waals surface area contributed by atoms with Crippen molar-refractivity contribution in [1.82, 2.24) is 14.9 Å². The average molecular weight is 421 g/mol. The summed E-state index contributed by atoms with van der Waals surface area (Å²) >= 11 is 0. The second-order valence-corrected chi connectivity index (χ2v) is 7.28. The molecule has 30 heavy (non-hydrogen) atoms. The van der Waals surface area contributed by atoms with Gasteiger partial charge in [-0.25, -0.2) is 9.97 Å². The second kappa shape index (κ2) is 8.37. The minimum Gasteiger partial charge on any atom is -0.406 e. The Morgan fingerprint density at radius 3 is 2.17 bits per heavy atom. The van der Waals surface area contributed by atoms with Crippen LogP contribution in [-0.2, 0) is 0 Å². The number of rotatable bonds is 4. The van der Waals surface area contributed by atoms with E-state index in [4.69, 9.17) is 0 Å². The summed E-state index contributed by atoms with van der Waals surface area (Å²) in [6, 6.07) is 7.14. The number of amides is 1. The highest BCUT2D eigenvalue weighted by Gasteiger charge is 2.31. The molecule has 0 spiro atoms. The third kappa shape index (κ3) is 4.74. The largest absolute Gasteiger partial charge is 0.573 e. The van der Waals surface area contributed by atoms with Crippen LogP contribution in [0.3, 0.4) is 0 Å². The Hall–Kier alpha value is -3.04. The third-order valence-corrected chi connectivity index (χ3v) is 5.27. The van der Waals surface area contributed by atoms with Crippen molar-refractivity contribution in [2.75, 3.05) is 49.1 Å². The number of halogens is 3. The molecule has 3 heterocycles. The fourth-order valence-electron chi connectivity index (χ4n) is 3.78. The molecule has 7 nitrogen and oxygen atoms in total. The molecule has 0 N–H and O–H groups in total. The lowest BCUT2D eigenvalue weighted by molar-refractivity contribution is -0.274. The molecule has 0 aliphatic carbocycles. The number of hydrogen-bond acceptors (Lipinski definition) is 6. The Morgan fingerprint density at radius 1 is 0.900 bits per heavy atom. The number of alkyl halides is 3. The van der Waals surface area contributed by atoms with Crippen LogP contribution < -0.4 is 14.5 Å². The molecule has 4 rings (SSSR count). The quantitative estimate of drug-likeness (QED) is 0.757. The van der Waals surface area contributed by atoms with Gasteiger partial charge in [-0.2, -0.15) is 0 Å². The number of piperazine rings is 1. The average Bonchev–Trinajstić information content (AvgIpc) is 3.27. The summed E-state index contributed by atoms with van der Waals surface area (Å²) in [6.45, 7) is 4.06. The van der Waals surface area contributed by atoms with Gasteiger partial charge in [-0.05, 0) is 31.0 Å². The molecule has 0 radical (unpaired) electrons. The summed E-state index contributed by atoms with van der Waals surface area (Å²) in [5.74, 6) is 1.02. The molecule has 0 unspecified atom stereocenters. The van der Waals surface area contributed by atoms with Gasteiger partial charge in [0.05, 0.1) is 0 Å². The molecule has 10 heteroatoms. The van der Waals surface area contributed by atoms with Gasteiger partial charge < -0.3 is 19.4 Å². The van der Waals surface area contributed by atoms with Crippen molar-refractivity contribution in [1.29, 1.82) is 0 Å². The van der Waals surface area contributed by atoms with Gasteiger partial charge in [-0.1, -0.05) is 6.07 Å². The molecule has 160 valence electrons. The van der Waals surface area contributed by atoms with Gasteiger partial charge in [0.15, 0.2) is 0 Å². The van der Waals surface area contributed by atoms with E-state index in [2.05, 4.69) is 24.5 Å². The molecule has 0 saturated carbocycles. The maximum absolute atomic E-state index is 12.7. The Balaban J connectivity index is 1.38. The molecule has 2 aromatic rings. The highest BCUT2D eigenvalue weighted by atomic mass is 19.4. The van der Waals surface area contributed by atoms with Crippen molar-refractivity contribution in [3.8, 4) is 5.75 Å². The monoisotopic (exact) mass is 421 g/mol. The Kier molecular flexibility index (Phi) is 5.65. The Bertz CT molecular complexity index is 894. The van der Waals surface area contributed by atoms with E-state index in [9.17, 15) is 18.0 Å². The molecule has 2 aliphatic heterocycles. The van der Waals surface area contributed by atoms with E-state index >= 15 is 0 Å². The first kappa shape index (κ1) is 20.2. The minimum atomic E-state index is -4.79. The molecule has 2 aliphatic rings. The molecule has 2 fully saturated rings. The van der Waals surface area contributed by atoms with Crippen molar-refractivity contribution >= 4 is 17.5 Å². The van der Waals surface area contributed by atoms with Crippen molar-refractivity contribution in [2.45, 2.75) is 19.2 Å². The predicted octanol–water partition coefficient (Wildman–Crippen LogP) is 2.94. The number of carbonyl (C=O) groups is 1. The first-order chi connectivity index (χ1) is 14.4. The zero-order valence-corrected chi connectivity index (χ0v) is 16.3. The van der Waals surface area contributed by atoms with Crippen LogP contribution in [0.15, 0.2) is 36.7 Å². The van der Waals surface area contributed by atoms with Crippen molar-refractivity contribution < 1.29 is 22.7 Å². The summed E-state index contributed by atoms with van der Waals surface area (Å²) in [7, 11) is 0. The number of benzene rings is 1. The maximum atomic E-state index is 12.7. The lowest BCUT2D eigenvalue weighted by Crippen LogP contribution is -2.49. The summed E-state index contributed by atoms with van der Waals surface area (Å²) in [6.07, 6.45) is -0.907. The number of ether oxygens (including phenoxy) is 1. The second-order valence-electron chi connectivity index (χ2n) is 7.28. The molecular weight excluding hydrogens is 399 g/mol. The van der Waals surface area contributed by atoms with Crippen molar-refractivity contribution in [3.63, 3.8) is 0 Å². The van der Waals surface area contributed by atoms with Gasteiger partial charge >= 0.3 is 6.36 Å². The smallest absolute Gasteiger partial charge is 0.406 e. The van der Waals surface area contributed by atoms with Crippen LogP contribution in [0.4, 0.5) is 24.8 Å². The summed E-state index contributed by atoms with van der Waals surface area (Å²) < 4.78 is 41.2. The van der Waals surface area contributed by atoms with E-state index in [-0.39, 0.29) is 11.5 Å². The van der Waals surface area contributed by atoms with Gasteiger partial charge in [0.2, 0.25) is 0 Å². The Morgan fingerprint density at radius 2 is 1.53 bits per heavy atom. The number of hydrogen-bond donors (Lipinski definition) is 0. The topological polar surface area (TPSA) is 61.8 Å². The van der Waals surface area contributed by atoms with E-state index in [0.29, 0.717) is 26.2 Å². The van der Waals surface area contributed by atoms with Crippen LogP contribution in [0, 0.1) is 0 Å². The van der Waals surface area contributed by atoms with E-state index in [0.717, 1.165) is 43.6 Å². The van der Waals surface area contributed by atoms with Crippen molar-refractivity contribution in [3.05, 3.63) is 42.2 Å². The first-order valence-corrected chi connectivity index (χ1v) is 9.86. The fourth-order valence-corrected chi connectivity index (χ4v) is 3.78. The van der Waals surface area contributed by atoms with E-state index in [1.54, 1.807) is 11.2 Å². The van der Waals surface area contributed by atoms with Crippen LogP contribution in [0.1, 0.15) is 23.2 Å². The number of nitrogens with zero attached hydrogens (tertiary/aromatic N) is 5. The molecule has 1 aromatic carbocycles. The van der Waals surface area contributed by atoms with Gasteiger partial charge in [0.1, 0.15) is 23.7 Å². The molecule has 1 aromatic heterocycles. The standard InChI is InChI=1S/C20H22F3N5O2/c21-20(22,23)30-16-5-3-4-15(12-16)19(29)28-10-8-27(9-11-28)18-13-17(24-14-25-18)26-6-1-2-7-26/h3-5,12-14H,1-2,6-11H2. The number of carbonyl (C=O) groups excluding carboxylic acids is 1. The zero-order valence-electron chi connectivity index (χ0n) is 16.3. The summed E-state index contributed by atoms with van der Waals surface area (Å²) in [4.78, 5) is 27.4. The van der Waals surface area contributed by atoms with Crippen LogP contribution in [0.2, 0.25) is 0 Å². The molecule has 2 saturated heterocycles. The van der Waals surface area contributed by atoms with E-state index < -0.39 is 12.1 Å². The highest BCUT2D eigenvalue weighted by Crippen LogP contribution is 2.25. The van der Waals surface area contributed by atoms with Gasteiger partial charge in [0, 0.05) is 50.9 Å². The summed E-state index contributed by atoms with van der Waals surface area (Å²) in [5.41, 5.74) is 0.170. The lowest BCUT2D eigenvalue weighted by atomic mass is 10.1. The lowest BCUT2D eigenvalue weighted by Gasteiger charge is -2.35. The van der Waals surface area contributed by atoms with Gasteiger partial charge in [-0.15, -0.1) is 13.2 Å². The van der Waals surface area contributed by atoms with Gasteiger partial charge in [-0.3, -0.25) is 4.79 Å². The van der Waals surface area contributed by atoms with E-state index in [1.807, 2.05) is 6.07 Å². The number of aromatic nitrogens is 2. The molecule has 1 amide bonds. The van der Waals surface area contributed by atoms with Crippen LogP contribution in [0.25, 0.3) is 0 Å². The van der Waals surface area contributed by atoms with Crippen molar-refractivity contribution in [2.24, 2.45) is 0 Å². The van der Waals surface area contributed by atoms with E-state index in [1.165, 1.54) is 18.2 Å². The SMILES string of the molecule is O=C(c1cccc(OC(F)(F)F)c1)N1CCN(c2cc(N3CCCC3)ncn2)CC1. The summed E-state index contributed by atoms with van der Waals surface area (Å²) in [5, 5.41) is 0. The fraction of sp³-hybridized carbons (Fsp3) is 0.450. The highest BCUT2D eigenvalue weighted by molar-refractivity contribution is 5.94. The number of anilines is 2. The molecular formula is C20H22F3N5O2. The molecule has 0 atom stereocenters. The van der Waals surface area contributed by atoms with Crippen LogP contribution in [0.5, 0.6) is 5.75 Å². The van der Waals surface area contributed by atoms with Crippen LogP contribution in [-0.4, -0.2) is 66.4 Å². The van der Waals surface area contributed by atoms with Gasteiger partial charge in [0.25, 0.3) is 5.91 Å². The third-order valence-electron chi connectivity index (χ3n) is 5.27. The predicted molar refractivity (Wildman–Crippen MR) is 105 cm³/mol. The normalized spacial score (nSPS) is 17.4. The Labute approximate surface area is 172 Å². The molecule has 0 bridgehead atoms.